The molecule has 174 valence electrons. The lowest BCUT2D eigenvalue weighted by Gasteiger charge is -2.31. The Labute approximate surface area is 197 Å². The highest BCUT2D eigenvalue weighted by Crippen LogP contribution is 2.40. The summed E-state index contributed by atoms with van der Waals surface area (Å²) in [4.78, 5) is 19.6. The van der Waals surface area contributed by atoms with Crippen LogP contribution in [0.1, 0.15) is 47.9 Å². The fourth-order valence-corrected chi connectivity index (χ4v) is 6.44. The summed E-state index contributed by atoms with van der Waals surface area (Å²) >= 11 is 1.50. The van der Waals surface area contributed by atoms with E-state index in [1.54, 1.807) is 24.3 Å². The number of thiophene rings is 1. The van der Waals surface area contributed by atoms with Crippen LogP contribution in [-0.2, 0) is 14.8 Å². The number of amides is 1. The quantitative estimate of drug-likeness (QED) is 0.556. The molecule has 5 rings (SSSR count). The molecule has 8 nitrogen and oxygen atoms in total. The number of hydrogen-bond acceptors (Lipinski definition) is 7. The Balaban J connectivity index is 1.27. The van der Waals surface area contributed by atoms with Gasteiger partial charge in [-0.3, -0.25) is 4.79 Å². The number of nitrogens with one attached hydrogen (secondary N) is 1. The van der Waals surface area contributed by atoms with Crippen molar-refractivity contribution in [1.29, 1.82) is 0 Å². The summed E-state index contributed by atoms with van der Waals surface area (Å²) < 4.78 is 32.9. The number of anilines is 1. The van der Waals surface area contributed by atoms with Gasteiger partial charge in [0.2, 0.25) is 27.6 Å². The van der Waals surface area contributed by atoms with Gasteiger partial charge >= 0.3 is 0 Å². The van der Waals surface area contributed by atoms with Crippen LogP contribution in [0.15, 0.2) is 39.8 Å². The number of aryl methyl sites for hydroxylation is 2. The topological polar surface area (TPSA) is 105 Å². The molecule has 10 heteroatoms. The highest BCUT2D eigenvalue weighted by atomic mass is 32.2. The van der Waals surface area contributed by atoms with Gasteiger partial charge in [-0.1, -0.05) is 22.9 Å². The molecule has 1 atom stereocenters. The number of rotatable bonds is 6. The highest BCUT2D eigenvalue weighted by molar-refractivity contribution is 7.89. The summed E-state index contributed by atoms with van der Waals surface area (Å²) in [6.45, 7) is 4.44. The maximum Gasteiger partial charge on any atom is 0.243 e. The molecule has 2 fully saturated rings. The van der Waals surface area contributed by atoms with E-state index >= 15 is 0 Å². The predicted molar refractivity (Wildman–Crippen MR) is 126 cm³/mol. The first-order valence-corrected chi connectivity index (χ1v) is 13.4. The molecule has 1 aromatic carbocycles. The third-order valence-electron chi connectivity index (χ3n) is 6.18. The van der Waals surface area contributed by atoms with Crippen LogP contribution in [0.3, 0.4) is 0 Å². The SMILES string of the molecule is Cc1ccc(S(=O)(=O)N2CCCC(C(=O)Nc3cc(-c4noc(C5CC5)n4)sc3C)C2)cc1. The number of nitrogens with zero attached hydrogens (tertiary/aromatic N) is 3. The molecule has 1 aliphatic heterocycles. The fourth-order valence-electron chi connectivity index (χ4n) is 4.02. The average Bonchev–Trinajstić information content (AvgIpc) is 3.43. The van der Waals surface area contributed by atoms with Crippen LogP contribution < -0.4 is 5.32 Å². The van der Waals surface area contributed by atoms with E-state index in [0.29, 0.717) is 42.7 Å². The molecular weight excluding hydrogens is 460 g/mol. The van der Waals surface area contributed by atoms with Crippen molar-refractivity contribution in [3.8, 4) is 10.7 Å². The highest BCUT2D eigenvalue weighted by Gasteiger charge is 2.34. The molecule has 2 aliphatic rings. The van der Waals surface area contributed by atoms with Gasteiger partial charge in [-0.05, 0) is 57.7 Å². The van der Waals surface area contributed by atoms with E-state index < -0.39 is 15.9 Å². The summed E-state index contributed by atoms with van der Waals surface area (Å²) in [5.74, 6) is 1.03. The number of piperidine rings is 1. The summed E-state index contributed by atoms with van der Waals surface area (Å²) in [6.07, 6.45) is 3.47. The Kier molecular flexibility index (Phi) is 5.84. The van der Waals surface area contributed by atoms with E-state index in [1.165, 1.54) is 15.6 Å². The number of hydrogen-bond donors (Lipinski definition) is 1. The Morgan fingerprint density at radius 1 is 1.18 bits per heavy atom. The van der Waals surface area contributed by atoms with Crippen molar-refractivity contribution >= 4 is 33.0 Å². The second kappa shape index (κ2) is 8.66. The molecular formula is C23H26N4O4S2. The van der Waals surface area contributed by atoms with Crippen molar-refractivity contribution in [3.63, 3.8) is 0 Å². The molecule has 1 amide bonds. The standard InChI is InChI=1S/C23H26N4O4S2/c1-14-5-9-18(10-6-14)33(29,30)27-11-3-4-17(13-27)22(28)24-19-12-20(32-15(19)2)21-25-23(31-26-21)16-7-8-16/h5-6,9-10,12,16-17H,3-4,7-8,11,13H2,1-2H3,(H,24,28). The summed E-state index contributed by atoms with van der Waals surface area (Å²) in [6, 6.07) is 8.68. The van der Waals surface area contributed by atoms with Crippen LogP contribution in [0.2, 0.25) is 0 Å². The van der Waals surface area contributed by atoms with Crippen molar-refractivity contribution < 1.29 is 17.7 Å². The monoisotopic (exact) mass is 486 g/mol. The second-order valence-corrected chi connectivity index (χ2v) is 12.0. The number of benzene rings is 1. The maximum atomic E-state index is 13.1. The van der Waals surface area contributed by atoms with E-state index in [9.17, 15) is 13.2 Å². The van der Waals surface area contributed by atoms with Crippen LogP contribution in [0.5, 0.6) is 0 Å². The minimum Gasteiger partial charge on any atom is -0.339 e. The summed E-state index contributed by atoms with van der Waals surface area (Å²) in [5, 5.41) is 7.08. The number of carbonyl (C=O) groups excluding carboxylic acids is 1. The van der Waals surface area contributed by atoms with Crippen molar-refractivity contribution in [2.75, 3.05) is 18.4 Å². The minimum absolute atomic E-state index is 0.168. The first-order valence-electron chi connectivity index (χ1n) is 11.1. The van der Waals surface area contributed by atoms with Crippen LogP contribution in [0.4, 0.5) is 5.69 Å². The molecule has 0 spiro atoms. The van der Waals surface area contributed by atoms with Crippen LogP contribution in [0.25, 0.3) is 10.7 Å². The molecule has 3 heterocycles. The van der Waals surface area contributed by atoms with Gasteiger partial charge in [-0.15, -0.1) is 11.3 Å². The van der Waals surface area contributed by atoms with E-state index in [2.05, 4.69) is 15.5 Å². The lowest BCUT2D eigenvalue weighted by molar-refractivity contribution is -0.120. The average molecular weight is 487 g/mol. The third kappa shape index (κ3) is 4.60. The molecule has 3 aromatic rings. The normalized spacial score (nSPS) is 19.5. The molecule has 2 aromatic heterocycles. The Morgan fingerprint density at radius 2 is 1.94 bits per heavy atom. The summed E-state index contributed by atoms with van der Waals surface area (Å²) in [5.41, 5.74) is 1.70. The second-order valence-electron chi connectivity index (χ2n) is 8.82. The van der Waals surface area contributed by atoms with Gasteiger partial charge < -0.3 is 9.84 Å². The van der Waals surface area contributed by atoms with Gasteiger partial charge in [0.25, 0.3) is 0 Å². The molecule has 1 aliphatic carbocycles. The van der Waals surface area contributed by atoms with Crippen LogP contribution >= 0.6 is 11.3 Å². The van der Waals surface area contributed by atoms with Crippen LogP contribution in [-0.4, -0.2) is 41.9 Å². The van der Waals surface area contributed by atoms with Crippen molar-refractivity contribution in [2.45, 2.75) is 50.3 Å². The van der Waals surface area contributed by atoms with Crippen molar-refractivity contribution in [3.05, 3.63) is 46.7 Å². The van der Waals surface area contributed by atoms with E-state index in [4.69, 9.17) is 4.52 Å². The summed E-state index contributed by atoms with van der Waals surface area (Å²) in [7, 11) is -3.63. The van der Waals surface area contributed by atoms with E-state index in [-0.39, 0.29) is 17.3 Å². The van der Waals surface area contributed by atoms with Gasteiger partial charge in [0.05, 0.1) is 21.4 Å². The zero-order valence-electron chi connectivity index (χ0n) is 18.6. The predicted octanol–water partition coefficient (Wildman–Crippen LogP) is 4.33. The molecule has 33 heavy (non-hydrogen) atoms. The van der Waals surface area contributed by atoms with Crippen molar-refractivity contribution in [2.24, 2.45) is 5.92 Å². The molecule has 1 saturated heterocycles. The molecule has 0 radical (unpaired) electrons. The number of sulfonamides is 1. The Morgan fingerprint density at radius 3 is 2.67 bits per heavy atom. The molecule has 1 N–H and O–H groups in total. The zero-order chi connectivity index (χ0) is 23.2. The number of aromatic nitrogens is 2. The largest absolute Gasteiger partial charge is 0.339 e. The lowest BCUT2D eigenvalue weighted by atomic mass is 9.99. The third-order valence-corrected chi connectivity index (χ3v) is 9.10. The zero-order valence-corrected chi connectivity index (χ0v) is 20.2. The van der Waals surface area contributed by atoms with Crippen molar-refractivity contribution in [1.82, 2.24) is 14.4 Å². The molecule has 0 bridgehead atoms. The van der Waals surface area contributed by atoms with Gasteiger partial charge in [-0.25, -0.2) is 8.42 Å². The lowest BCUT2D eigenvalue weighted by Crippen LogP contribution is -2.43. The molecule has 1 saturated carbocycles. The Hall–Kier alpha value is -2.56. The smallest absolute Gasteiger partial charge is 0.243 e. The van der Waals surface area contributed by atoms with E-state index in [1.807, 2.05) is 19.9 Å². The Bertz CT molecular complexity index is 1280. The van der Waals surface area contributed by atoms with E-state index in [0.717, 1.165) is 28.2 Å². The van der Waals surface area contributed by atoms with Gasteiger partial charge in [0.15, 0.2) is 0 Å². The maximum absolute atomic E-state index is 13.1. The minimum atomic E-state index is -3.63. The fraction of sp³-hybridized carbons (Fsp3) is 0.435. The van der Waals surface area contributed by atoms with Crippen LogP contribution in [0, 0.1) is 19.8 Å². The van der Waals surface area contributed by atoms with Gasteiger partial charge in [0, 0.05) is 23.9 Å². The van der Waals surface area contributed by atoms with Gasteiger partial charge in [0.1, 0.15) is 0 Å². The molecule has 1 unspecified atom stereocenters. The number of carbonyl (C=O) groups is 1. The first kappa shape index (κ1) is 22.2. The van der Waals surface area contributed by atoms with Gasteiger partial charge in [-0.2, -0.15) is 9.29 Å². The first-order chi connectivity index (χ1) is 15.8.